The lowest BCUT2D eigenvalue weighted by molar-refractivity contribution is -0.119. The molecule has 0 saturated heterocycles. The molecule has 0 spiro atoms. The zero-order valence-electron chi connectivity index (χ0n) is 11.8. The van der Waals surface area contributed by atoms with Crippen LogP contribution in [-0.4, -0.2) is 41.7 Å². The first-order valence-electron chi connectivity index (χ1n) is 6.11. The summed E-state index contributed by atoms with van der Waals surface area (Å²) < 4.78 is 10.3. The molecule has 1 aromatic heterocycles. The van der Waals surface area contributed by atoms with Gasteiger partial charge in [-0.25, -0.2) is 0 Å². The monoisotopic (exact) mass is 270 g/mol. The van der Waals surface area contributed by atoms with Gasteiger partial charge >= 0.3 is 0 Å². The third-order valence-electron chi connectivity index (χ3n) is 3.07. The first-order valence-corrected chi connectivity index (χ1v) is 6.11. The quantitative estimate of drug-likeness (QED) is 0.632. The topological polar surface area (TPSA) is 83.8 Å². The number of pyridine rings is 1. The number of nitrogens with zero attached hydrogens (tertiary/aromatic N) is 1. The molecule has 1 heterocycles. The normalized spacial score (nSPS) is 12.9. The van der Waals surface area contributed by atoms with Crippen molar-refractivity contribution in [2.75, 3.05) is 14.2 Å². The number of hydrogen-bond acceptors (Lipinski definition) is 6. The zero-order valence-corrected chi connectivity index (χ0v) is 11.8. The van der Waals surface area contributed by atoms with E-state index in [1.165, 1.54) is 0 Å². The van der Waals surface area contributed by atoms with Crippen molar-refractivity contribution in [3.63, 3.8) is 0 Å². The van der Waals surface area contributed by atoms with E-state index in [9.17, 15) is 10.2 Å². The van der Waals surface area contributed by atoms with Gasteiger partial charge in [-0.15, -0.1) is 0 Å². The van der Waals surface area contributed by atoms with Gasteiger partial charge in [0.15, 0.2) is 6.29 Å². The van der Waals surface area contributed by atoms with Crippen molar-refractivity contribution in [1.29, 1.82) is 0 Å². The van der Waals surface area contributed by atoms with Crippen LogP contribution in [0.5, 0.6) is 5.75 Å². The largest absolute Gasteiger partial charge is 0.506 e. The minimum atomic E-state index is -0.373. The Morgan fingerprint density at radius 2 is 2.00 bits per heavy atom. The summed E-state index contributed by atoms with van der Waals surface area (Å²) >= 11 is 0. The standard InChI is InChI=1S/C13H22N2O4/c1-8-12(17)11(10(7-16)5-14-8)6-15-9(2)13(18-3)19-4/h5,9,13,15-17H,6-7H2,1-4H3. The Kier molecular flexibility index (Phi) is 6.17. The van der Waals surface area contributed by atoms with Crippen molar-refractivity contribution in [3.05, 3.63) is 23.0 Å². The molecule has 6 heteroatoms. The molecule has 0 fully saturated rings. The summed E-state index contributed by atoms with van der Waals surface area (Å²) in [5, 5.41) is 22.5. The van der Waals surface area contributed by atoms with Crippen LogP contribution in [0, 0.1) is 6.92 Å². The number of rotatable bonds is 7. The number of aromatic nitrogens is 1. The number of aryl methyl sites for hydroxylation is 1. The minimum absolute atomic E-state index is 0.0607. The van der Waals surface area contributed by atoms with E-state index in [0.29, 0.717) is 23.4 Å². The van der Waals surface area contributed by atoms with Crippen LogP contribution in [0.4, 0.5) is 0 Å². The van der Waals surface area contributed by atoms with Crippen molar-refractivity contribution < 1.29 is 19.7 Å². The van der Waals surface area contributed by atoms with E-state index in [1.807, 2.05) is 6.92 Å². The minimum Gasteiger partial charge on any atom is -0.506 e. The summed E-state index contributed by atoms with van der Waals surface area (Å²) in [6.07, 6.45) is 1.20. The molecule has 0 aliphatic heterocycles. The predicted molar refractivity (Wildman–Crippen MR) is 70.7 cm³/mol. The van der Waals surface area contributed by atoms with Gasteiger partial charge in [-0.3, -0.25) is 4.98 Å². The molecule has 0 bridgehead atoms. The smallest absolute Gasteiger partial charge is 0.171 e. The third-order valence-corrected chi connectivity index (χ3v) is 3.07. The molecule has 108 valence electrons. The van der Waals surface area contributed by atoms with Crippen molar-refractivity contribution in [3.8, 4) is 5.75 Å². The van der Waals surface area contributed by atoms with Crippen LogP contribution in [-0.2, 0) is 22.6 Å². The summed E-state index contributed by atoms with van der Waals surface area (Å²) in [4.78, 5) is 4.02. The van der Waals surface area contributed by atoms with E-state index in [0.717, 1.165) is 0 Å². The molecule has 0 aliphatic carbocycles. The Labute approximate surface area is 113 Å². The molecule has 3 N–H and O–H groups in total. The Hall–Kier alpha value is -1.21. The van der Waals surface area contributed by atoms with E-state index >= 15 is 0 Å². The van der Waals surface area contributed by atoms with Crippen LogP contribution in [0.1, 0.15) is 23.7 Å². The highest BCUT2D eigenvalue weighted by molar-refractivity contribution is 5.40. The van der Waals surface area contributed by atoms with Crippen molar-refractivity contribution in [1.82, 2.24) is 10.3 Å². The summed E-state index contributed by atoms with van der Waals surface area (Å²) in [6.45, 7) is 3.87. The summed E-state index contributed by atoms with van der Waals surface area (Å²) in [5.74, 6) is 0.109. The van der Waals surface area contributed by atoms with E-state index in [2.05, 4.69) is 10.3 Å². The Morgan fingerprint density at radius 3 is 2.53 bits per heavy atom. The van der Waals surface area contributed by atoms with Gasteiger partial charge < -0.3 is 25.0 Å². The predicted octanol–water partition coefficient (Wildman–Crippen LogP) is 0.685. The molecule has 1 unspecified atom stereocenters. The van der Waals surface area contributed by atoms with Gasteiger partial charge in [0.2, 0.25) is 0 Å². The fourth-order valence-corrected chi connectivity index (χ4v) is 1.88. The van der Waals surface area contributed by atoms with Crippen LogP contribution in [0.25, 0.3) is 0 Å². The maximum absolute atomic E-state index is 10.00. The van der Waals surface area contributed by atoms with Crippen LogP contribution in [0.2, 0.25) is 0 Å². The van der Waals surface area contributed by atoms with Gasteiger partial charge in [-0.1, -0.05) is 0 Å². The second-order valence-electron chi connectivity index (χ2n) is 4.36. The number of methoxy groups -OCH3 is 2. The van der Waals surface area contributed by atoms with Gasteiger partial charge in [0.1, 0.15) is 5.75 Å². The van der Waals surface area contributed by atoms with Crippen molar-refractivity contribution in [2.24, 2.45) is 0 Å². The number of hydrogen-bond donors (Lipinski definition) is 3. The van der Waals surface area contributed by atoms with Crippen LogP contribution in [0.15, 0.2) is 6.20 Å². The molecule has 1 atom stereocenters. The molecule has 0 amide bonds. The molecule has 6 nitrogen and oxygen atoms in total. The molecular formula is C13H22N2O4. The fraction of sp³-hybridized carbons (Fsp3) is 0.615. The van der Waals surface area contributed by atoms with Gasteiger partial charge in [-0.05, 0) is 13.8 Å². The van der Waals surface area contributed by atoms with Gasteiger partial charge in [0.25, 0.3) is 0 Å². The van der Waals surface area contributed by atoms with Gasteiger partial charge in [-0.2, -0.15) is 0 Å². The number of aliphatic hydroxyl groups excluding tert-OH is 1. The number of ether oxygens (including phenoxy) is 2. The second kappa shape index (κ2) is 7.40. The Morgan fingerprint density at radius 1 is 1.37 bits per heavy atom. The molecule has 1 rings (SSSR count). The highest BCUT2D eigenvalue weighted by Gasteiger charge is 2.17. The van der Waals surface area contributed by atoms with Crippen LogP contribution in [0.3, 0.4) is 0 Å². The fourth-order valence-electron chi connectivity index (χ4n) is 1.88. The Bertz CT molecular complexity index is 408. The SMILES string of the molecule is COC(OC)C(C)NCc1c(CO)cnc(C)c1O. The van der Waals surface area contributed by atoms with Crippen LogP contribution >= 0.6 is 0 Å². The zero-order chi connectivity index (χ0) is 14.4. The first-order chi connectivity index (χ1) is 9.04. The average molecular weight is 270 g/mol. The first kappa shape index (κ1) is 15.8. The number of aromatic hydroxyl groups is 1. The lowest BCUT2D eigenvalue weighted by Gasteiger charge is -2.23. The molecular weight excluding hydrogens is 248 g/mol. The highest BCUT2D eigenvalue weighted by atomic mass is 16.7. The molecule has 0 saturated carbocycles. The number of nitrogens with one attached hydrogen (secondary N) is 1. The maximum Gasteiger partial charge on any atom is 0.171 e. The van der Waals surface area contributed by atoms with E-state index in [1.54, 1.807) is 27.3 Å². The van der Waals surface area contributed by atoms with Gasteiger partial charge in [0, 0.05) is 38.1 Å². The van der Waals surface area contributed by atoms with Crippen molar-refractivity contribution >= 4 is 0 Å². The summed E-state index contributed by atoms with van der Waals surface area (Å²) in [7, 11) is 3.14. The lowest BCUT2D eigenvalue weighted by Crippen LogP contribution is -2.39. The average Bonchev–Trinajstić information content (AvgIpc) is 2.41. The van der Waals surface area contributed by atoms with Crippen LogP contribution < -0.4 is 5.32 Å². The molecule has 19 heavy (non-hydrogen) atoms. The second-order valence-corrected chi connectivity index (χ2v) is 4.36. The molecule has 0 radical (unpaired) electrons. The Balaban J connectivity index is 2.79. The third kappa shape index (κ3) is 3.87. The summed E-state index contributed by atoms with van der Waals surface area (Å²) in [6, 6.07) is -0.0607. The molecule has 0 aromatic carbocycles. The number of aliphatic hydroxyl groups is 1. The van der Waals surface area contributed by atoms with E-state index < -0.39 is 0 Å². The lowest BCUT2D eigenvalue weighted by atomic mass is 10.1. The van der Waals surface area contributed by atoms with E-state index in [4.69, 9.17) is 9.47 Å². The molecule has 1 aromatic rings. The van der Waals surface area contributed by atoms with E-state index in [-0.39, 0.29) is 24.7 Å². The van der Waals surface area contributed by atoms with Crippen molar-refractivity contribution in [2.45, 2.75) is 39.3 Å². The molecule has 0 aliphatic rings. The summed E-state index contributed by atoms with van der Waals surface area (Å²) in [5.41, 5.74) is 1.79. The van der Waals surface area contributed by atoms with Gasteiger partial charge in [0.05, 0.1) is 18.3 Å². The maximum atomic E-state index is 10.00. The highest BCUT2D eigenvalue weighted by Crippen LogP contribution is 2.23.